The van der Waals surface area contributed by atoms with E-state index in [1.807, 2.05) is 6.92 Å². The summed E-state index contributed by atoms with van der Waals surface area (Å²) in [6.45, 7) is 4.18. The Morgan fingerprint density at radius 1 is 1.30 bits per heavy atom. The Kier molecular flexibility index (Phi) is 5.09. The second-order valence-electron chi connectivity index (χ2n) is 8.06. The van der Waals surface area contributed by atoms with E-state index in [9.17, 15) is 23.9 Å². The van der Waals surface area contributed by atoms with Crippen LogP contribution in [-0.4, -0.2) is 39.0 Å². The highest BCUT2D eigenvalue weighted by Gasteiger charge is 2.40. The predicted octanol–water partition coefficient (Wildman–Crippen LogP) is 2.50. The SMILES string of the molecule is Cc1ccc(CNC(=O)c2cn3c(c(O)c2=O)C(=O)N2CCCCC3C2C)c(F)c1. The second kappa shape index (κ2) is 7.59. The van der Waals surface area contributed by atoms with Crippen LogP contribution in [0.15, 0.2) is 29.2 Å². The normalized spacial score (nSPS) is 20.5. The van der Waals surface area contributed by atoms with Gasteiger partial charge in [0, 0.05) is 30.9 Å². The maximum Gasteiger partial charge on any atom is 0.274 e. The smallest absolute Gasteiger partial charge is 0.274 e. The fourth-order valence-electron chi connectivity index (χ4n) is 4.40. The van der Waals surface area contributed by atoms with Crippen LogP contribution in [0.4, 0.5) is 4.39 Å². The molecule has 1 aromatic carbocycles. The number of rotatable bonds is 3. The van der Waals surface area contributed by atoms with Crippen molar-refractivity contribution >= 4 is 11.8 Å². The van der Waals surface area contributed by atoms with Crippen LogP contribution in [0.25, 0.3) is 0 Å². The first-order chi connectivity index (χ1) is 14.3. The summed E-state index contributed by atoms with van der Waals surface area (Å²) in [5.74, 6) is -2.28. The van der Waals surface area contributed by atoms with Gasteiger partial charge in [0.05, 0.1) is 6.04 Å². The Morgan fingerprint density at radius 2 is 2.07 bits per heavy atom. The Bertz CT molecular complexity index is 1090. The maximum absolute atomic E-state index is 14.0. The van der Waals surface area contributed by atoms with Crippen LogP contribution in [0.2, 0.25) is 0 Å². The van der Waals surface area contributed by atoms with Gasteiger partial charge in [0.15, 0.2) is 11.4 Å². The number of nitrogens with zero attached hydrogens (tertiary/aromatic N) is 2. The number of amides is 2. The van der Waals surface area contributed by atoms with Crippen LogP contribution in [0.5, 0.6) is 5.75 Å². The summed E-state index contributed by atoms with van der Waals surface area (Å²) in [5, 5.41) is 13.1. The number of nitrogens with one attached hydrogen (secondary N) is 1. The summed E-state index contributed by atoms with van der Waals surface area (Å²) in [6, 6.07) is 4.43. The predicted molar refractivity (Wildman–Crippen MR) is 108 cm³/mol. The van der Waals surface area contributed by atoms with E-state index in [-0.39, 0.29) is 29.9 Å². The largest absolute Gasteiger partial charge is 0.503 e. The van der Waals surface area contributed by atoms with E-state index in [4.69, 9.17) is 0 Å². The molecule has 0 aliphatic carbocycles. The highest BCUT2D eigenvalue weighted by molar-refractivity contribution is 5.99. The van der Waals surface area contributed by atoms with Crippen LogP contribution in [0.1, 0.15) is 64.2 Å². The van der Waals surface area contributed by atoms with Crippen molar-refractivity contribution in [3.8, 4) is 5.75 Å². The average Bonchev–Trinajstić information content (AvgIpc) is 2.85. The molecule has 0 radical (unpaired) electrons. The number of pyridine rings is 1. The molecule has 2 amide bonds. The zero-order chi connectivity index (χ0) is 21.6. The van der Waals surface area contributed by atoms with Crippen molar-refractivity contribution in [2.75, 3.05) is 6.54 Å². The number of hydrogen-bond acceptors (Lipinski definition) is 4. The highest BCUT2D eigenvalue weighted by atomic mass is 19.1. The van der Waals surface area contributed by atoms with Crippen molar-refractivity contribution in [1.29, 1.82) is 0 Å². The number of aryl methyl sites for hydroxylation is 1. The van der Waals surface area contributed by atoms with Gasteiger partial charge in [-0.05, 0) is 44.7 Å². The molecule has 2 bridgehead atoms. The number of hydrogen-bond donors (Lipinski definition) is 2. The molecule has 0 saturated carbocycles. The van der Waals surface area contributed by atoms with E-state index in [2.05, 4.69) is 5.32 Å². The maximum atomic E-state index is 14.0. The van der Waals surface area contributed by atoms with Gasteiger partial charge in [-0.1, -0.05) is 12.1 Å². The zero-order valence-electron chi connectivity index (χ0n) is 16.9. The molecule has 2 unspecified atom stereocenters. The van der Waals surface area contributed by atoms with Crippen LogP contribution < -0.4 is 10.7 Å². The lowest BCUT2D eigenvalue weighted by atomic mass is 9.99. The fraction of sp³-hybridized carbons (Fsp3) is 0.409. The first kappa shape index (κ1) is 20.1. The lowest BCUT2D eigenvalue weighted by Gasteiger charge is -2.40. The molecule has 2 N–H and O–H groups in total. The Hall–Kier alpha value is -3.16. The molecule has 2 aliphatic rings. The monoisotopic (exact) mass is 413 g/mol. The number of carbonyl (C=O) groups excluding carboxylic acids is 2. The summed E-state index contributed by atoms with van der Waals surface area (Å²) in [4.78, 5) is 39.9. The quantitative estimate of drug-likeness (QED) is 0.809. The van der Waals surface area contributed by atoms with Crippen LogP contribution in [-0.2, 0) is 6.54 Å². The van der Waals surface area contributed by atoms with Crippen molar-refractivity contribution in [3.05, 3.63) is 62.8 Å². The van der Waals surface area contributed by atoms with Gasteiger partial charge in [-0.2, -0.15) is 0 Å². The number of aromatic hydroxyl groups is 1. The van der Waals surface area contributed by atoms with Gasteiger partial charge in [0.25, 0.3) is 11.8 Å². The third kappa shape index (κ3) is 3.26. The van der Waals surface area contributed by atoms with Gasteiger partial charge in [0.2, 0.25) is 5.43 Å². The molecule has 1 saturated heterocycles. The van der Waals surface area contributed by atoms with Gasteiger partial charge in [-0.3, -0.25) is 14.4 Å². The molecule has 0 spiro atoms. The Labute approximate surface area is 173 Å². The average molecular weight is 413 g/mol. The summed E-state index contributed by atoms with van der Waals surface area (Å²) < 4.78 is 15.6. The van der Waals surface area contributed by atoms with E-state index in [1.54, 1.807) is 28.5 Å². The van der Waals surface area contributed by atoms with Crippen molar-refractivity contribution in [2.45, 2.75) is 51.7 Å². The highest BCUT2D eigenvalue weighted by Crippen LogP contribution is 2.36. The Balaban J connectivity index is 1.68. The number of benzene rings is 1. The van der Waals surface area contributed by atoms with Crippen molar-refractivity contribution in [1.82, 2.24) is 14.8 Å². The zero-order valence-corrected chi connectivity index (χ0v) is 16.9. The molecule has 7 nitrogen and oxygen atoms in total. The first-order valence-electron chi connectivity index (χ1n) is 10.1. The molecule has 2 atom stereocenters. The van der Waals surface area contributed by atoms with Gasteiger partial charge in [-0.25, -0.2) is 4.39 Å². The summed E-state index contributed by atoms with van der Waals surface area (Å²) in [7, 11) is 0. The summed E-state index contributed by atoms with van der Waals surface area (Å²) in [5.41, 5.74) is -0.173. The first-order valence-corrected chi connectivity index (χ1v) is 10.1. The molecule has 4 rings (SSSR count). The molecular formula is C22H24FN3O4. The second-order valence-corrected chi connectivity index (χ2v) is 8.06. The van der Waals surface area contributed by atoms with Gasteiger partial charge in [0.1, 0.15) is 11.4 Å². The van der Waals surface area contributed by atoms with Crippen LogP contribution in [0, 0.1) is 12.7 Å². The summed E-state index contributed by atoms with van der Waals surface area (Å²) in [6.07, 6.45) is 3.89. The van der Waals surface area contributed by atoms with E-state index in [1.165, 1.54) is 12.3 Å². The standard InChI is InChI=1S/C22H24FN3O4/c1-12-6-7-14(16(23)9-12)10-24-21(29)15-11-26-17-5-3-4-8-25(13(17)2)22(30)18(26)20(28)19(15)27/h6-7,9,11,13,17,28H,3-5,8,10H2,1-2H3,(H,24,29). The molecule has 3 heterocycles. The number of aromatic nitrogens is 1. The van der Waals surface area contributed by atoms with Gasteiger partial charge in [-0.15, -0.1) is 0 Å². The lowest BCUT2D eigenvalue weighted by molar-refractivity contribution is 0.0565. The van der Waals surface area contributed by atoms with Crippen molar-refractivity contribution < 1.29 is 19.1 Å². The molecule has 30 heavy (non-hydrogen) atoms. The third-order valence-corrected chi connectivity index (χ3v) is 6.12. The van der Waals surface area contributed by atoms with E-state index in [0.717, 1.165) is 24.8 Å². The molecule has 1 fully saturated rings. The third-order valence-electron chi connectivity index (χ3n) is 6.12. The van der Waals surface area contributed by atoms with Crippen LogP contribution in [0.3, 0.4) is 0 Å². The van der Waals surface area contributed by atoms with Crippen molar-refractivity contribution in [3.63, 3.8) is 0 Å². The molecule has 2 aliphatic heterocycles. The number of fused-ring (bicyclic) bond motifs is 4. The number of carbonyl (C=O) groups is 2. The van der Waals surface area contributed by atoms with Crippen LogP contribution >= 0.6 is 0 Å². The topological polar surface area (TPSA) is 91.6 Å². The minimum Gasteiger partial charge on any atom is -0.503 e. The molecule has 8 heteroatoms. The lowest BCUT2D eigenvalue weighted by Crippen LogP contribution is -2.49. The molecular weight excluding hydrogens is 389 g/mol. The minimum absolute atomic E-state index is 0.0638. The van der Waals surface area contributed by atoms with E-state index >= 15 is 0 Å². The molecule has 2 aromatic rings. The number of halogens is 1. The van der Waals surface area contributed by atoms with Crippen molar-refractivity contribution in [2.24, 2.45) is 0 Å². The minimum atomic E-state index is -0.899. The Morgan fingerprint density at radius 3 is 2.80 bits per heavy atom. The summed E-state index contributed by atoms with van der Waals surface area (Å²) >= 11 is 0. The van der Waals surface area contributed by atoms with Gasteiger partial charge < -0.3 is 19.9 Å². The van der Waals surface area contributed by atoms with Gasteiger partial charge >= 0.3 is 0 Å². The van der Waals surface area contributed by atoms with E-state index in [0.29, 0.717) is 12.1 Å². The fourth-order valence-corrected chi connectivity index (χ4v) is 4.40. The molecule has 1 aromatic heterocycles. The van der Waals surface area contributed by atoms with E-state index < -0.39 is 28.8 Å². The molecule has 158 valence electrons.